The summed E-state index contributed by atoms with van der Waals surface area (Å²) in [4.78, 5) is 0. The zero-order valence-electron chi connectivity index (χ0n) is 16.2. The molecule has 0 radical (unpaired) electrons. The van der Waals surface area contributed by atoms with Crippen molar-refractivity contribution in [1.82, 2.24) is 0 Å². The highest BCUT2D eigenvalue weighted by Gasteiger charge is 2.33. The first-order valence-electron chi connectivity index (χ1n) is 8.78. The van der Waals surface area contributed by atoms with E-state index in [9.17, 15) is 0 Å². The predicted molar refractivity (Wildman–Crippen MR) is 96.4 cm³/mol. The number of hydrogen-bond donors (Lipinski definition) is 12. The summed E-state index contributed by atoms with van der Waals surface area (Å²) < 4.78 is 5.15. The van der Waals surface area contributed by atoms with Gasteiger partial charge in [0.05, 0.1) is 76.9 Å². The van der Waals surface area contributed by atoms with Crippen molar-refractivity contribution in [3.8, 4) is 0 Å². The van der Waals surface area contributed by atoms with Gasteiger partial charge in [-0.3, -0.25) is 0 Å². The molecule has 0 heterocycles. The maximum absolute atomic E-state index is 9.03. The number of ether oxygens (including phenoxy) is 1. The lowest BCUT2D eigenvalue weighted by Crippen LogP contribution is -2.46. The standard InChI is InChI=1S/C10H22O7.C6H14O6/c11-1-9(2-12,3-13)7-17-8-10(4-14,5-15)6-16;7-1-3(9)5(11)6(12)4(10)2-8/h11-16H,1-8H2;3-12H,1-2H2/t;3-,4-,5-,6-/m.1/s1. The van der Waals surface area contributed by atoms with Gasteiger partial charge in [-0.15, -0.1) is 0 Å². The van der Waals surface area contributed by atoms with Crippen LogP contribution in [-0.4, -0.2) is 152 Å². The highest BCUT2D eigenvalue weighted by molar-refractivity contribution is 4.80. The quantitative estimate of drug-likeness (QED) is 0.114. The number of aliphatic hydroxyl groups excluding tert-OH is 12. The second kappa shape index (κ2) is 16.2. The van der Waals surface area contributed by atoms with E-state index in [2.05, 4.69) is 0 Å². The van der Waals surface area contributed by atoms with Crippen molar-refractivity contribution >= 4 is 0 Å². The molecule has 178 valence electrons. The molecule has 0 rings (SSSR count). The first-order valence-corrected chi connectivity index (χ1v) is 8.78. The Balaban J connectivity index is 0. The van der Waals surface area contributed by atoms with Crippen molar-refractivity contribution in [2.75, 3.05) is 66.1 Å². The summed E-state index contributed by atoms with van der Waals surface area (Å²) in [6, 6.07) is 0. The summed E-state index contributed by atoms with van der Waals surface area (Å²) in [7, 11) is 0. The molecule has 0 aliphatic rings. The molecule has 0 aromatic rings. The zero-order chi connectivity index (χ0) is 23.1. The van der Waals surface area contributed by atoms with E-state index in [1.165, 1.54) is 0 Å². The van der Waals surface area contributed by atoms with Crippen molar-refractivity contribution in [2.24, 2.45) is 10.8 Å². The summed E-state index contributed by atoms with van der Waals surface area (Å²) in [5.74, 6) is 0. The Kier molecular flexibility index (Phi) is 17.1. The van der Waals surface area contributed by atoms with Crippen molar-refractivity contribution in [2.45, 2.75) is 24.4 Å². The van der Waals surface area contributed by atoms with Crippen molar-refractivity contribution in [3.05, 3.63) is 0 Å². The Morgan fingerprint density at radius 3 is 0.897 bits per heavy atom. The van der Waals surface area contributed by atoms with Crippen LogP contribution in [0.2, 0.25) is 0 Å². The SMILES string of the molecule is OCC(CO)(CO)COCC(CO)(CO)CO.OC[C@@H](O)[C@@H](O)[C@H](O)[C@H](O)CO. The molecule has 12 N–H and O–H groups in total. The minimum Gasteiger partial charge on any atom is -0.396 e. The van der Waals surface area contributed by atoms with Crippen molar-refractivity contribution in [1.29, 1.82) is 0 Å². The van der Waals surface area contributed by atoms with Crippen LogP contribution in [0.25, 0.3) is 0 Å². The molecule has 0 spiro atoms. The summed E-state index contributed by atoms with van der Waals surface area (Å²) in [5.41, 5.74) is -2.32. The van der Waals surface area contributed by atoms with E-state index in [-0.39, 0.29) is 13.2 Å². The highest BCUT2D eigenvalue weighted by atomic mass is 16.5. The maximum atomic E-state index is 9.03. The minimum absolute atomic E-state index is 0.141. The van der Waals surface area contributed by atoms with Gasteiger partial charge in [0.25, 0.3) is 0 Å². The topological polar surface area (TPSA) is 252 Å². The monoisotopic (exact) mass is 436 g/mol. The molecular weight excluding hydrogens is 400 g/mol. The molecule has 13 nitrogen and oxygen atoms in total. The van der Waals surface area contributed by atoms with Gasteiger partial charge < -0.3 is 66.0 Å². The third-order valence-electron chi connectivity index (χ3n) is 4.34. The van der Waals surface area contributed by atoms with Gasteiger partial charge in [0, 0.05) is 0 Å². The Morgan fingerprint density at radius 1 is 0.483 bits per heavy atom. The van der Waals surface area contributed by atoms with Crippen LogP contribution in [0.15, 0.2) is 0 Å². The van der Waals surface area contributed by atoms with E-state index in [0.717, 1.165) is 0 Å². The summed E-state index contributed by atoms with van der Waals surface area (Å²) in [6.07, 6.45) is -6.39. The van der Waals surface area contributed by atoms with E-state index < -0.39 is 88.1 Å². The van der Waals surface area contributed by atoms with E-state index in [1.807, 2.05) is 0 Å². The molecule has 0 saturated carbocycles. The van der Waals surface area contributed by atoms with Crippen LogP contribution in [-0.2, 0) is 4.74 Å². The molecule has 0 fully saturated rings. The molecule has 0 saturated heterocycles. The van der Waals surface area contributed by atoms with Gasteiger partial charge in [-0.25, -0.2) is 0 Å². The molecule has 0 unspecified atom stereocenters. The van der Waals surface area contributed by atoms with Gasteiger partial charge in [-0.2, -0.15) is 0 Å². The van der Waals surface area contributed by atoms with E-state index in [4.69, 9.17) is 66.0 Å². The summed E-state index contributed by atoms with van der Waals surface area (Å²) in [6.45, 7) is -4.46. The van der Waals surface area contributed by atoms with Crippen LogP contribution in [0, 0.1) is 10.8 Å². The third kappa shape index (κ3) is 10.4. The van der Waals surface area contributed by atoms with Gasteiger partial charge >= 0.3 is 0 Å². The minimum atomic E-state index is -1.67. The first kappa shape index (κ1) is 30.7. The molecule has 0 amide bonds. The second-order valence-electron chi connectivity index (χ2n) is 6.92. The largest absolute Gasteiger partial charge is 0.396 e. The smallest absolute Gasteiger partial charge is 0.111 e. The number of rotatable bonds is 15. The average Bonchev–Trinajstić information content (AvgIpc) is 2.78. The van der Waals surface area contributed by atoms with Crippen LogP contribution >= 0.6 is 0 Å². The fourth-order valence-electron chi connectivity index (χ4n) is 1.73. The number of aliphatic hydroxyl groups is 12. The number of hydrogen-bond acceptors (Lipinski definition) is 13. The average molecular weight is 436 g/mol. The van der Waals surface area contributed by atoms with Gasteiger partial charge in [-0.05, 0) is 0 Å². The van der Waals surface area contributed by atoms with Crippen molar-refractivity contribution < 1.29 is 66.0 Å². The molecule has 0 bridgehead atoms. The fourth-order valence-corrected chi connectivity index (χ4v) is 1.73. The molecular formula is C16H36O13. The lowest BCUT2D eigenvalue weighted by atomic mass is 9.91. The van der Waals surface area contributed by atoms with Crippen LogP contribution in [0.5, 0.6) is 0 Å². The first-order chi connectivity index (χ1) is 13.6. The van der Waals surface area contributed by atoms with Crippen LogP contribution < -0.4 is 0 Å². The van der Waals surface area contributed by atoms with Gasteiger partial charge in [-0.1, -0.05) is 0 Å². The molecule has 4 atom stereocenters. The molecule has 0 aromatic heterocycles. The van der Waals surface area contributed by atoms with E-state index in [1.54, 1.807) is 0 Å². The Labute approximate surface area is 168 Å². The molecule has 0 aliphatic heterocycles. The second-order valence-corrected chi connectivity index (χ2v) is 6.92. The maximum Gasteiger partial charge on any atom is 0.111 e. The Bertz CT molecular complexity index is 325. The molecule has 29 heavy (non-hydrogen) atoms. The van der Waals surface area contributed by atoms with Gasteiger partial charge in [0.2, 0.25) is 0 Å². The summed E-state index contributed by atoms with van der Waals surface area (Å²) in [5, 5.41) is 106. The lowest BCUT2D eigenvalue weighted by molar-refractivity contribution is -0.123. The van der Waals surface area contributed by atoms with Crippen molar-refractivity contribution in [3.63, 3.8) is 0 Å². The Morgan fingerprint density at radius 2 is 0.724 bits per heavy atom. The van der Waals surface area contributed by atoms with Gasteiger partial charge in [0.15, 0.2) is 0 Å². The normalized spacial score (nSPS) is 16.6. The predicted octanol–water partition coefficient (Wildman–Crippen LogP) is -6.66. The van der Waals surface area contributed by atoms with Crippen LogP contribution in [0.1, 0.15) is 0 Å². The molecule has 0 aliphatic carbocycles. The molecule has 13 heteroatoms. The summed E-state index contributed by atoms with van der Waals surface area (Å²) >= 11 is 0. The molecule has 0 aromatic carbocycles. The lowest BCUT2D eigenvalue weighted by Gasteiger charge is -2.31. The zero-order valence-corrected chi connectivity index (χ0v) is 16.2. The van der Waals surface area contributed by atoms with Gasteiger partial charge in [0.1, 0.15) is 24.4 Å². The fraction of sp³-hybridized carbons (Fsp3) is 1.00. The Hall–Kier alpha value is -0.520. The van der Waals surface area contributed by atoms with E-state index in [0.29, 0.717) is 0 Å². The van der Waals surface area contributed by atoms with E-state index >= 15 is 0 Å². The van der Waals surface area contributed by atoms with Crippen LogP contribution in [0.3, 0.4) is 0 Å². The highest BCUT2D eigenvalue weighted by Crippen LogP contribution is 2.19. The van der Waals surface area contributed by atoms with Crippen LogP contribution in [0.4, 0.5) is 0 Å². The third-order valence-corrected chi connectivity index (χ3v) is 4.34.